The Morgan fingerprint density at radius 1 is 1.22 bits per heavy atom. The molecular formula is C14H19N3O. The molecule has 0 heterocycles. The number of hydrogen-bond donors (Lipinski definition) is 3. The van der Waals surface area contributed by atoms with E-state index in [4.69, 9.17) is 11.5 Å². The first-order chi connectivity index (χ1) is 8.66. The van der Waals surface area contributed by atoms with Gasteiger partial charge in [0.25, 0.3) is 5.91 Å². The van der Waals surface area contributed by atoms with Crippen LogP contribution in [0.5, 0.6) is 0 Å². The van der Waals surface area contributed by atoms with Crippen molar-refractivity contribution in [2.45, 2.75) is 31.7 Å². The molecule has 3 rings (SSSR count). The van der Waals surface area contributed by atoms with Crippen LogP contribution in [0.15, 0.2) is 18.2 Å². The van der Waals surface area contributed by atoms with Crippen molar-refractivity contribution in [1.29, 1.82) is 0 Å². The highest BCUT2D eigenvalue weighted by molar-refractivity contribution is 6.01. The number of nitrogens with one attached hydrogen (secondary N) is 1. The Morgan fingerprint density at radius 2 is 1.83 bits per heavy atom. The van der Waals surface area contributed by atoms with E-state index in [2.05, 4.69) is 5.32 Å². The lowest BCUT2D eigenvalue weighted by atomic mass is 10.0. The van der Waals surface area contributed by atoms with Crippen LogP contribution in [-0.4, -0.2) is 11.9 Å². The van der Waals surface area contributed by atoms with Gasteiger partial charge in [-0.05, 0) is 49.7 Å². The van der Waals surface area contributed by atoms with E-state index in [1.807, 2.05) is 6.07 Å². The topological polar surface area (TPSA) is 81.1 Å². The van der Waals surface area contributed by atoms with Gasteiger partial charge in [0, 0.05) is 6.04 Å². The van der Waals surface area contributed by atoms with Gasteiger partial charge in [0.05, 0.1) is 16.9 Å². The van der Waals surface area contributed by atoms with Gasteiger partial charge in [-0.3, -0.25) is 4.79 Å². The summed E-state index contributed by atoms with van der Waals surface area (Å²) in [6.45, 7) is 0. The number of carbonyl (C=O) groups excluding carboxylic acids is 1. The number of nitrogens with two attached hydrogens (primary N) is 2. The lowest BCUT2D eigenvalue weighted by molar-refractivity contribution is 0.100. The standard InChI is InChI=1S/C14H19N3O/c15-11-3-1-2-10(14(16)18)13(11)17-12(8-4-5-8)9-6-7-9/h1-3,8-9,12,17H,4-7,15H2,(H2,16,18). The number of rotatable bonds is 5. The third-order valence-corrected chi connectivity index (χ3v) is 3.93. The van der Waals surface area contributed by atoms with Crippen molar-refractivity contribution in [2.75, 3.05) is 11.1 Å². The van der Waals surface area contributed by atoms with Gasteiger partial charge in [-0.2, -0.15) is 0 Å². The lowest BCUT2D eigenvalue weighted by Crippen LogP contribution is -2.27. The van der Waals surface area contributed by atoms with Crippen molar-refractivity contribution in [2.24, 2.45) is 17.6 Å². The molecule has 18 heavy (non-hydrogen) atoms. The van der Waals surface area contributed by atoms with E-state index in [1.54, 1.807) is 12.1 Å². The second-order valence-electron chi connectivity index (χ2n) is 5.48. The minimum Gasteiger partial charge on any atom is -0.397 e. The Hall–Kier alpha value is -1.71. The van der Waals surface area contributed by atoms with E-state index in [9.17, 15) is 4.79 Å². The molecule has 1 amide bonds. The number of nitrogen functional groups attached to an aromatic ring is 1. The number of hydrogen-bond acceptors (Lipinski definition) is 3. The van der Waals surface area contributed by atoms with Gasteiger partial charge in [-0.1, -0.05) is 6.07 Å². The quantitative estimate of drug-likeness (QED) is 0.694. The van der Waals surface area contributed by atoms with Crippen molar-refractivity contribution < 1.29 is 4.79 Å². The highest BCUT2D eigenvalue weighted by atomic mass is 16.1. The predicted octanol–water partition coefficient (Wildman–Crippen LogP) is 1.97. The molecule has 4 heteroatoms. The number of primary amides is 1. The first-order valence-corrected chi connectivity index (χ1v) is 6.61. The maximum Gasteiger partial charge on any atom is 0.250 e. The summed E-state index contributed by atoms with van der Waals surface area (Å²) in [5.41, 5.74) is 13.2. The molecule has 0 atom stereocenters. The molecule has 0 unspecified atom stereocenters. The zero-order valence-electron chi connectivity index (χ0n) is 10.4. The number of amides is 1. The summed E-state index contributed by atoms with van der Waals surface area (Å²) in [5, 5.41) is 3.50. The zero-order valence-corrected chi connectivity index (χ0v) is 10.4. The first kappa shape index (κ1) is 11.4. The normalized spacial score (nSPS) is 18.9. The second kappa shape index (κ2) is 4.19. The summed E-state index contributed by atoms with van der Waals surface area (Å²) in [6, 6.07) is 5.78. The molecule has 2 saturated carbocycles. The Bertz CT molecular complexity index is 466. The fourth-order valence-electron chi connectivity index (χ4n) is 2.63. The van der Waals surface area contributed by atoms with Crippen molar-refractivity contribution in [3.05, 3.63) is 23.8 Å². The summed E-state index contributed by atoms with van der Waals surface area (Å²) in [7, 11) is 0. The highest BCUT2D eigenvalue weighted by Crippen LogP contribution is 2.46. The van der Waals surface area contributed by atoms with E-state index in [0.717, 1.165) is 17.5 Å². The largest absolute Gasteiger partial charge is 0.397 e. The Kier molecular flexibility index (Phi) is 2.65. The number of carbonyl (C=O) groups is 1. The second-order valence-corrected chi connectivity index (χ2v) is 5.48. The van der Waals surface area contributed by atoms with Gasteiger partial charge in [-0.25, -0.2) is 0 Å². The van der Waals surface area contributed by atoms with Crippen molar-refractivity contribution >= 4 is 17.3 Å². The molecule has 0 aliphatic heterocycles. The highest BCUT2D eigenvalue weighted by Gasteiger charge is 2.41. The summed E-state index contributed by atoms with van der Waals surface area (Å²) < 4.78 is 0. The smallest absolute Gasteiger partial charge is 0.250 e. The molecule has 0 bridgehead atoms. The van der Waals surface area contributed by atoms with Crippen molar-refractivity contribution in [3.63, 3.8) is 0 Å². The van der Waals surface area contributed by atoms with Crippen LogP contribution in [-0.2, 0) is 0 Å². The molecule has 0 spiro atoms. The Labute approximate surface area is 107 Å². The fraction of sp³-hybridized carbons (Fsp3) is 0.500. The molecule has 0 aromatic heterocycles. The third-order valence-electron chi connectivity index (χ3n) is 3.93. The van der Waals surface area contributed by atoms with E-state index in [0.29, 0.717) is 17.3 Å². The SMILES string of the molecule is NC(=O)c1cccc(N)c1NC(C1CC1)C1CC1. The minimum atomic E-state index is -0.421. The van der Waals surface area contributed by atoms with Crippen LogP contribution in [0.3, 0.4) is 0 Å². The maximum atomic E-state index is 11.5. The average molecular weight is 245 g/mol. The van der Waals surface area contributed by atoms with Crippen molar-refractivity contribution in [3.8, 4) is 0 Å². The van der Waals surface area contributed by atoms with E-state index >= 15 is 0 Å². The monoisotopic (exact) mass is 245 g/mol. The van der Waals surface area contributed by atoms with Crippen LogP contribution < -0.4 is 16.8 Å². The van der Waals surface area contributed by atoms with Gasteiger partial charge in [0.1, 0.15) is 0 Å². The average Bonchev–Trinajstić information content (AvgIpc) is 3.19. The Morgan fingerprint density at radius 3 is 2.33 bits per heavy atom. The van der Waals surface area contributed by atoms with Gasteiger partial charge in [0.15, 0.2) is 0 Å². The van der Waals surface area contributed by atoms with Gasteiger partial charge < -0.3 is 16.8 Å². The zero-order chi connectivity index (χ0) is 12.7. The lowest BCUT2D eigenvalue weighted by Gasteiger charge is -2.22. The number of anilines is 2. The molecule has 5 N–H and O–H groups in total. The maximum absolute atomic E-state index is 11.5. The summed E-state index contributed by atoms with van der Waals surface area (Å²) in [6.07, 6.45) is 5.14. The van der Waals surface area contributed by atoms with E-state index < -0.39 is 5.91 Å². The van der Waals surface area contributed by atoms with Crippen LogP contribution in [0.25, 0.3) is 0 Å². The third kappa shape index (κ3) is 2.15. The van der Waals surface area contributed by atoms with Crippen LogP contribution in [0.4, 0.5) is 11.4 Å². The van der Waals surface area contributed by atoms with Crippen LogP contribution in [0.1, 0.15) is 36.0 Å². The molecule has 2 aliphatic rings. The minimum absolute atomic E-state index is 0.421. The first-order valence-electron chi connectivity index (χ1n) is 6.61. The molecule has 0 saturated heterocycles. The molecule has 1 aromatic rings. The van der Waals surface area contributed by atoms with Crippen LogP contribution >= 0.6 is 0 Å². The molecular weight excluding hydrogens is 226 g/mol. The van der Waals surface area contributed by atoms with Crippen LogP contribution in [0.2, 0.25) is 0 Å². The summed E-state index contributed by atoms with van der Waals surface area (Å²) >= 11 is 0. The Balaban J connectivity index is 1.88. The molecule has 96 valence electrons. The molecule has 2 fully saturated rings. The number of para-hydroxylation sites is 1. The van der Waals surface area contributed by atoms with Crippen molar-refractivity contribution in [1.82, 2.24) is 0 Å². The molecule has 1 aromatic carbocycles. The van der Waals surface area contributed by atoms with E-state index in [-0.39, 0.29) is 0 Å². The predicted molar refractivity (Wildman–Crippen MR) is 72.2 cm³/mol. The molecule has 2 aliphatic carbocycles. The molecule has 0 radical (unpaired) electrons. The summed E-state index contributed by atoms with van der Waals surface area (Å²) in [5.74, 6) is 1.07. The fourth-order valence-corrected chi connectivity index (χ4v) is 2.63. The van der Waals surface area contributed by atoms with Gasteiger partial charge in [-0.15, -0.1) is 0 Å². The van der Waals surface area contributed by atoms with E-state index in [1.165, 1.54) is 25.7 Å². The summed E-state index contributed by atoms with van der Waals surface area (Å²) in [4.78, 5) is 11.5. The molecule has 4 nitrogen and oxygen atoms in total. The van der Waals surface area contributed by atoms with Gasteiger partial charge >= 0.3 is 0 Å². The van der Waals surface area contributed by atoms with Crippen LogP contribution in [0, 0.1) is 11.8 Å². The van der Waals surface area contributed by atoms with Gasteiger partial charge in [0.2, 0.25) is 0 Å². The number of benzene rings is 1.